The van der Waals surface area contributed by atoms with Crippen molar-refractivity contribution in [3.05, 3.63) is 12.2 Å². The van der Waals surface area contributed by atoms with Crippen LogP contribution in [0.4, 0.5) is 0 Å². The zero-order valence-corrected chi connectivity index (χ0v) is 26.2. The van der Waals surface area contributed by atoms with E-state index in [-0.39, 0.29) is 12.1 Å². The summed E-state index contributed by atoms with van der Waals surface area (Å²) in [5.74, 6) is -0.678. The van der Waals surface area contributed by atoms with Gasteiger partial charge in [-0.05, 0) is 84.8 Å². The van der Waals surface area contributed by atoms with E-state index in [4.69, 9.17) is 9.84 Å². The Morgan fingerprint density at radius 2 is 1.10 bits per heavy atom. The molecule has 0 aliphatic carbocycles. The molecule has 1 unspecified atom stereocenters. The summed E-state index contributed by atoms with van der Waals surface area (Å²) in [4.78, 5) is 24.9. The number of nitrogens with zero attached hydrogens (tertiary/aromatic N) is 1. The summed E-state index contributed by atoms with van der Waals surface area (Å²) in [5.41, 5.74) is 0. The number of esters is 1. The van der Waals surface area contributed by atoms with Crippen molar-refractivity contribution in [2.45, 2.75) is 174 Å². The predicted molar refractivity (Wildman–Crippen MR) is 166 cm³/mol. The van der Waals surface area contributed by atoms with E-state index >= 15 is 0 Å². The van der Waals surface area contributed by atoms with Gasteiger partial charge in [-0.15, -0.1) is 0 Å². The van der Waals surface area contributed by atoms with Gasteiger partial charge in [0.15, 0.2) is 0 Å². The highest BCUT2D eigenvalue weighted by Crippen LogP contribution is 2.18. The maximum atomic E-state index is 12.3. The number of carboxylic acid groups (broad SMARTS) is 1. The SMILES string of the molecule is CCCCCCCC(CCCCCCCCCC/C=C\CCCCCCCC(=O)O)OC(=O)CCCN(C)C. The number of hydrogen-bond donors (Lipinski definition) is 1. The molecule has 230 valence electrons. The van der Waals surface area contributed by atoms with Crippen molar-refractivity contribution in [3.8, 4) is 0 Å². The van der Waals surface area contributed by atoms with E-state index in [9.17, 15) is 9.59 Å². The van der Waals surface area contributed by atoms with Crippen LogP contribution in [0, 0.1) is 0 Å². The number of carbonyl (C=O) groups excluding carboxylic acids is 1. The molecule has 0 aliphatic rings. The fraction of sp³-hybridized carbons (Fsp3) is 0.882. The minimum Gasteiger partial charge on any atom is -0.481 e. The molecule has 5 heteroatoms. The highest BCUT2D eigenvalue weighted by Gasteiger charge is 2.14. The van der Waals surface area contributed by atoms with Crippen LogP contribution in [0.3, 0.4) is 0 Å². The zero-order valence-electron chi connectivity index (χ0n) is 26.2. The van der Waals surface area contributed by atoms with Crippen LogP contribution in [0.5, 0.6) is 0 Å². The third kappa shape index (κ3) is 31.0. The first-order chi connectivity index (χ1) is 19.0. The van der Waals surface area contributed by atoms with Crippen molar-refractivity contribution < 1.29 is 19.4 Å². The molecule has 0 bridgehead atoms. The Morgan fingerprint density at radius 3 is 1.59 bits per heavy atom. The Kier molecular flexibility index (Phi) is 28.6. The molecule has 0 fully saturated rings. The van der Waals surface area contributed by atoms with Gasteiger partial charge in [-0.25, -0.2) is 0 Å². The second-order valence-corrected chi connectivity index (χ2v) is 11.8. The maximum absolute atomic E-state index is 12.3. The second-order valence-electron chi connectivity index (χ2n) is 11.8. The summed E-state index contributed by atoms with van der Waals surface area (Å²) in [7, 11) is 4.09. The maximum Gasteiger partial charge on any atom is 0.306 e. The van der Waals surface area contributed by atoms with Gasteiger partial charge in [0, 0.05) is 12.8 Å². The number of hydrogen-bond acceptors (Lipinski definition) is 4. The quantitative estimate of drug-likeness (QED) is 0.0546. The van der Waals surface area contributed by atoms with Gasteiger partial charge in [0.05, 0.1) is 0 Å². The summed E-state index contributed by atoms with van der Waals surface area (Å²) in [6.45, 7) is 3.19. The average molecular weight is 552 g/mol. The highest BCUT2D eigenvalue weighted by molar-refractivity contribution is 5.69. The van der Waals surface area contributed by atoms with Crippen LogP contribution in [0.15, 0.2) is 12.2 Å². The molecule has 0 aromatic heterocycles. The van der Waals surface area contributed by atoms with Crippen molar-refractivity contribution in [3.63, 3.8) is 0 Å². The molecule has 0 spiro atoms. The molecule has 0 saturated carbocycles. The minimum absolute atomic E-state index is 0.00443. The number of ether oxygens (including phenoxy) is 1. The van der Waals surface area contributed by atoms with Crippen molar-refractivity contribution >= 4 is 11.9 Å². The molecule has 0 aromatic carbocycles. The van der Waals surface area contributed by atoms with E-state index in [2.05, 4.69) is 24.0 Å². The van der Waals surface area contributed by atoms with Crippen LogP contribution >= 0.6 is 0 Å². The van der Waals surface area contributed by atoms with E-state index in [0.717, 1.165) is 51.5 Å². The number of unbranched alkanes of at least 4 members (excludes halogenated alkanes) is 17. The molecule has 1 N–H and O–H groups in total. The lowest BCUT2D eigenvalue weighted by Crippen LogP contribution is -2.20. The summed E-state index contributed by atoms with van der Waals surface area (Å²) in [6, 6.07) is 0. The standard InChI is InChI=1S/C34H65NO4/c1-4-5-6-20-23-27-32(39-34(38)30-26-31-35(2)3)28-24-21-18-16-14-12-10-8-7-9-11-13-15-17-19-22-25-29-33(36)37/h9,11,32H,4-8,10,12-31H2,1-3H3,(H,36,37)/b11-9-. The normalized spacial score (nSPS) is 12.4. The molecule has 5 nitrogen and oxygen atoms in total. The Hall–Kier alpha value is -1.36. The minimum atomic E-state index is -0.673. The lowest BCUT2D eigenvalue weighted by atomic mass is 10.0. The Labute approximate surface area is 242 Å². The fourth-order valence-corrected chi connectivity index (χ4v) is 5.02. The third-order valence-corrected chi connectivity index (χ3v) is 7.49. The first-order valence-corrected chi connectivity index (χ1v) is 16.7. The number of aliphatic carboxylic acids is 1. The lowest BCUT2D eigenvalue weighted by molar-refractivity contribution is -0.150. The summed E-state index contributed by atoms with van der Waals surface area (Å²) in [5, 5.41) is 8.63. The van der Waals surface area contributed by atoms with Crippen LogP contribution < -0.4 is 0 Å². The molecule has 39 heavy (non-hydrogen) atoms. The van der Waals surface area contributed by atoms with Crippen molar-refractivity contribution in [2.24, 2.45) is 0 Å². The number of carbonyl (C=O) groups is 2. The van der Waals surface area contributed by atoms with E-state index in [0.29, 0.717) is 12.8 Å². The molecule has 0 heterocycles. The lowest BCUT2D eigenvalue weighted by Gasteiger charge is -2.18. The van der Waals surface area contributed by atoms with Crippen LogP contribution in [-0.2, 0) is 14.3 Å². The van der Waals surface area contributed by atoms with Crippen molar-refractivity contribution in [2.75, 3.05) is 20.6 Å². The van der Waals surface area contributed by atoms with Crippen molar-refractivity contribution in [1.82, 2.24) is 4.90 Å². The van der Waals surface area contributed by atoms with Crippen LogP contribution in [0.2, 0.25) is 0 Å². The summed E-state index contributed by atoms with van der Waals surface area (Å²) < 4.78 is 5.90. The number of carboxylic acids is 1. The monoisotopic (exact) mass is 551 g/mol. The van der Waals surface area contributed by atoms with Crippen LogP contribution in [-0.4, -0.2) is 48.7 Å². The Bertz CT molecular complexity index is 576. The van der Waals surface area contributed by atoms with Gasteiger partial charge < -0.3 is 14.7 Å². The average Bonchev–Trinajstić information content (AvgIpc) is 2.89. The van der Waals surface area contributed by atoms with Gasteiger partial charge in [0.1, 0.15) is 6.10 Å². The smallest absolute Gasteiger partial charge is 0.306 e. The molecular formula is C34H65NO4. The van der Waals surface area contributed by atoms with Gasteiger partial charge in [-0.1, -0.05) is 103 Å². The molecule has 0 amide bonds. The number of allylic oxidation sites excluding steroid dienone is 2. The molecular weight excluding hydrogens is 486 g/mol. The molecule has 0 aliphatic heterocycles. The van der Waals surface area contributed by atoms with Gasteiger partial charge in [-0.3, -0.25) is 9.59 Å². The highest BCUT2D eigenvalue weighted by atomic mass is 16.5. The first-order valence-electron chi connectivity index (χ1n) is 16.7. The van der Waals surface area contributed by atoms with Gasteiger partial charge in [0.25, 0.3) is 0 Å². The first kappa shape index (κ1) is 37.6. The molecule has 0 aromatic rings. The van der Waals surface area contributed by atoms with Gasteiger partial charge >= 0.3 is 11.9 Å². The van der Waals surface area contributed by atoms with Crippen LogP contribution in [0.1, 0.15) is 167 Å². The van der Waals surface area contributed by atoms with E-state index in [1.54, 1.807) is 0 Å². The molecule has 0 saturated heterocycles. The van der Waals surface area contributed by atoms with E-state index in [1.165, 1.54) is 103 Å². The van der Waals surface area contributed by atoms with Gasteiger partial charge in [0.2, 0.25) is 0 Å². The third-order valence-electron chi connectivity index (χ3n) is 7.49. The van der Waals surface area contributed by atoms with Gasteiger partial charge in [-0.2, -0.15) is 0 Å². The summed E-state index contributed by atoms with van der Waals surface area (Å²) >= 11 is 0. The second kappa shape index (κ2) is 29.6. The summed E-state index contributed by atoms with van der Waals surface area (Å²) in [6.07, 6.45) is 33.1. The zero-order chi connectivity index (χ0) is 28.8. The Balaban J connectivity index is 3.72. The largest absolute Gasteiger partial charge is 0.481 e. The fourth-order valence-electron chi connectivity index (χ4n) is 5.02. The molecule has 0 radical (unpaired) electrons. The van der Waals surface area contributed by atoms with Crippen molar-refractivity contribution in [1.29, 1.82) is 0 Å². The Morgan fingerprint density at radius 1 is 0.641 bits per heavy atom. The molecule has 1 atom stereocenters. The van der Waals surface area contributed by atoms with Crippen LogP contribution in [0.25, 0.3) is 0 Å². The van der Waals surface area contributed by atoms with E-state index < -0.39 is 5.97 Å². The number of rotatable bonds is 30. The topological polar surface area (TPSA) is 66.8 Å². The van der Waals surface area contributed by atoms with E-state index in [1.807, 2.05) is 14.1 Å². The molecule has 0 rings (SSSR count). The predicted octanol–water partition coefficient (Wildman–Crippen LogP) is 9.87.